The molecule has 148 valence electrons. The quantitative estimate of drug-likeness (QED) is 0.836. The average Bonchev–Trinajstić information content (AvgIpc) is 2.62. The maximum absolute atomic E-state index is 13.6. The highest BCUT2D eigenvalue weighted by Gasteiger charge is 2.31. The molecule has 0 bridgehead atoms. The number of nitrogens with zero attached hydrogens (tertiary/aromatic N) is 1. The van der Waals surface area contributed by atoms with Crippen LogP contribution in [0.15, 0.2) is 36.4 Å². The Bertz CT molecular complexity index is 1040. The molecule has 28 heavy (non-hydrogen) atoms. The lowest BCUT2D eigenvalue weighted by Crippen LogP contribution is -2.46. The highest BCUT2D eigenvalue weighted by Crippen LogP contribution is 2.37. The van der Waals surface area contributed by atoms with E-state index in [4.69, 9.17) is 9.47 Å². The normalized spacial score (nSPS) is 18.4. The molecule has 1 atom stereocenters. The maximum atomic E-state index is 13.6. The van der Waals surface area contributed by atoms with Crippen LogP contribution in [0.2, 0.25) is 0 Å². The molecule has 0 aromatic heterocycles. The number of nitrogens with one attached hydrogen (secondary N) is 1. The highest BCUT2D eigenvalue weighted by atomic mass is 32.2. The molecule has 0 fully saturated rings. The van der Waals surface area contributed by atoms with E-state index in [0.717, 1.165) is 5.56 Å². The Morgan fingerprint density at radius 1 is 1.18 bits per heavy atom. The summed E-state index contributed by atoms with van der Waals surface area (Å²) in [5, 5.41) is 2.76. The van der Waals surface area contributed by atoms with E-state index < -0.39 is 21.7 Å². The van der Waals surface area contributed by atoms with E-state index in [1.165, 1.54) is 18.4 Å². The minimum absolute atomic E-state index is 0.0226. The lowest BCUT2D eigenvalue weighted by Gasteiger charge is -2.38. The van der Waals surface area contributed by atoms with Crippen LogP contribution in [-0.2, 0) is 21.2 Å². The van der Waals surface area contributed by atoms with Gasteiger partial charge < -0.3 is 19.7 Å². The standard InChI is InChI=1S/C19H19FN2O5S/c1-28(24,25)11-14-9-26-18-7-13(20)3-4-16(18)22(14)8-12-2-5-17-15(6-12)21-19(23)10-27-17/h2-7,14H,8-11H2,1H3,(H,21,23)/t14-/m0/s1. The molecule has 2 aliphatic heterocycles. The van der Waals surface area contributed by atoms with Crippen molar-refractivity contribution < 1.29 is 27.1 Å². The SMILES string of the molecule is CS(=O)(=O)C[C@@H]1COc2cc(F)ccc2N1Cc1ccc2c(c1)NC(=O)CO2. The van der Waals surface area contributed by atoms with E-state index in [0.29, 0.717) is 29.4 Å². The number of hydrogen-bond acceptors (Lipinski definition) is 6. The number of halogens is 1. The second-order valence-corrected chi connectivity index (χ2v) is 9.15. The number of amides is 1. The fourth-order valence-corrected chi connectivity index (χ4v) is 4.42. The minimum Gasteiger partial charge on any atom is -0.489 e. The van der Waals surface area contributed by atoms with Crippen LogP contribution < -0.4 is 19.7 Å². The van der Waals surface area contributed by atoms with Crippen molar-refractivity contribution in [2.45, 2.75) is 12.6 Å². The highest BCUT2D eigenvalue weighted by molar-refractivity contribution is 7.90. The molecular weight excluding hydrogens is 387 g/mol. The van der Waals surface area contributed by atoms with Crippen LogP contribution >= 0.6 is 0 Å². The zero-order chi connectivity index (χ0) is 19.9. The Morgan fingerprint density at radius 2 is 2.00 bits per heavy atom. The minimum atomic E-state index is -3.25. The predicted octanol–water partition coefficient (Wildman–Crippen LogP) is 1.97. The van der Waals surface area contributed by atoms with Crippen LogP contribution in [-0.4, -0.2) is 45.6 Å². The summed E-state index contributed by atoms with van der Waals surface area (Å²) in [7, 11) is -3.25. The molecule has 1 N–H and O–H groups in total. The summed E-state index contributed by atoms with van der Waals surface area (Å²) in [6, 6.07) is 9.19. The van der Waals surface area contributed by atoms with Gasteiger partial charge in [0.25, 0.3) is 5.91 Å². The number of rotatable bonds is 4. The summed E-state index contributed by atoms with van der Waals surface area (Å²) >= 11 is 0. The molecule has 7 nitrogen and oxygen atoms in total. The molecule has 9 heteroatoms. The third kappa shape index (κ3) is 3.89. The molecule has 2 aliphatic rings. The molecular formula is C19H19FN2O5S. The first-order chi connectivity index (χ1) is 13.3. The van der Waals surface area contributed by atoms with Crippen LogP contribution in [0.4, 0.5) is 15.8 Å². The van der Waals surface area contributed by atoms with Crippen molar-refractivity contribution in [3.05, 3.63) is 47.8 Å². The van der Waals surface area contributed by atoms with Gasteiger partial charge in [-0.1, -0.05) is 6.07 Å². The third-order valence-electron chi connectivity index (χ3n) is 4.63. The number of anilines is 2. The smallest absolute Gasteiger partial charge is 0.262 e. The Kier molecular flexibility index (Phi) is 4.62. The number of hydrogen-bond donors (Lipinski definition) is 1. The number of carbonyl (C=O) groups is 1. The van der Waals surface area contributed by atoms with Crippen LogP contribution in [0.1, 0.15) is 5.56 Å². The van der Waals surface area contributed by atoms with Crippen molar-refractivity contribution in [2.24, 2.45) is 0 Å². The lowest BCUT2D eigenvalue weighted by atomic mass is 10.1. The average molecular weight is 406 g/mol. The molecule has 0 saturated carbocycles. The molecule has 0 unspecified atom stereocenters. The monoisotopic (exact) mass is 406 g/mol. The molecule has 2 heterocycles. The van der Waals surface area contributed by atoms with Crippen molar-refractivity contribution in [3.63, 3.8) is 0 Å². The maximum Gasteiger partial charge on any atom is 0.262 e. The number of ether oxygens (including phenoxy) is 2. The summed E-state index contributed by atoms with van der Waals surface area (Å²) in [6.45, 7) is 0.477. The zero-order valence-corrected chi connectivity index (χ0v) is 16.0. The van der Waals surface area contributed by atoms with Crippen molar-refractivity contribution in [3.8, 4) is 11.5 Å². The molecule has 4 rings (SSSR count). The predicted molar refractivity (Wildman–Crippen MR) is 102 cm³/mol. The van der Waals surface area contributed by atoms with E-state index in [9.17, 15) is 17.6 Å². The van der Waals surface area contributed by atoms with Gasteiger partial charge in [-0.3, -0.25) is 4.79 Å². The first kappa shape index (κ1) is 18.5. The van der Waals surface area contributed by atoms with E-state index >= 15 is 0 Å². The zero-order valence-electron chi connectivity index (χ0n) is 15.1. The Morgan fingerprint density at radius 3 is 2.79 bits per heavy atom. The van der Waals surface area contributed by atoms with E-state index in [2.05, 4.69) is 5.32 Å². The van der Waals surface area contributed by atoms with Crippen molar-refractivity contribution in [1.82, 2.24) is 0 Å². The topological polar surface area (TPSA) is 84.9 Å². The molecule has 2 aromatic carbocycles. The van der Waals surface area contributed by atoms with Gasteiger partial charge in [-0.15, -0.1) is 0 Å². The van der Waals surface area contributed by atoms with Gasteiger partial charge in [0, 0.05) is 18.9 Å². The molecule has 0 aliphatic carbocycles. The van der Waals surface area contributed by atoms with Gasteiger partial charge in [0.15, 0.2) is 6.61 Å². The Labute approximate surface area is 162 Å². The summed E-state index contributed by atoms with van der Waals surface area (Å²) in [4.78, 5) is 13.5. The van der Waals surface area contributed by atoms with Crippen LogP contribution in [0.3, 0.4) is 0 Å². The number of sulfone groups is 1. The van der Waals surface area contributed by atoms with Crippen molar-refractivity contribution in [1.29, 1.82) is 0 Å². The van der Waals surface area contributed by atoms with Crippen molar-refractivity contribution in [2.75, 3.05) is 35.4 Å². The van der Waals surface area contributed by atoms with E-state index in [1.807, 2.05) is 11.0 Å². The third-order valence-corrected chi connectivity index (χ3v) is 5.62. The first-order valence-corrected chi connectivity index (χ1v) is 10.8. The van der Waals surface area contributed by atoms with E-state index in [1.54, 1.807) is 18.2 Å². The summed E-state index contributed by atoms with van der Waals surface area (Å²) in [5.74, 6) is 0.217. The summed E-state index contributed by atoms with van der Waals surface area (Å²) in [6.07, 6.45) is 1.18. The fourth-order valence-electron chi connectivity index (χ4n) is 3.44. The summed E-state index contributed by atoms with van der Waals surface area (Å²) in [5.41, 5.74) is 2.04. The lowest BCUT2D eigenvalue weighted by molar-refractivity contribution is -0.118. The number of fused-ring (bicyclic) bond motifs is 2. The van der Waals surface area contributed by atoms with Crippen LogP contribution in [0.5, 0.6) is 11.5 Å². The van der Waals surface area contributed by atoms with Crippen LogP contribution in [0.25, 0.3) is 0 Å². The Hall–Kier alpha value is -2.81. The van der Waals surface area contributed by atoms with Gasteiger partial charge in [0.1, 0.15) is 33.8 Å². The van der Waals surface area contributed by atoms with Gasteiger partial charge in [0.2, 0.25) is 0 Å². The van der Waals surface area contributed by atoms with Gasteiger partial charge in [-0.05, 0) is 29.8 Å². The molecule has 1 amide bonds. The van der Waals surface area contributed by atoms with Crippen LogP contribution in [0, 0.1) is 5.82 Å². The largest absolute Gasteiger partial charge is 0.489 e. The van der Waals surface area contributed by atoms with Gasteiger partial charge in [0.05, 0.1) is 23.2 Å². The molecule has 0 saturated heterocycles. The molecule has 2 aromatic rings. The van der Waals surface area contributed by atoms with E-state index in [-0.39, 0.29) is 24.9 Å². The molecule has 0 radical (unpaired) electrons. The fraction of sp³-hybridized carbons (Fsp3) is 0.316. The number of carbonyl (C=O) groups excluding carboxylic acids is 1. The number of benzene rings is 2. The second-order valence-electron chi connectivity index (χ2n) is 6.96. The van der Waals surface area contributed by atoms with Crippen molar-refractivity contribution >= 4 is 27.1 Å². The summed E-state index contributed by atoms with van der Waals surface area (Å²) < 4.78 is 48.3. The van der Waals surface area contributed by atoms with Gasteiger partial charge >= 0.3 is 0 Å². The second kappa shape index (κ2) is 6.97. The van der Waals surface area contributed by atoms with Gasteiger partial charge in [-0.2, -0.15) is 0 Å². The molecule has 0 spiro atoms. The van der Waals surface area contributed by atoms with Gasteiger partial charge in [-0.25, -0.2) is 12.8 Å². The first-order valence-electron chi connectivity index (χ1n) is 8.71. The Balaban J connectivity index is 1.68.